The minimum atomic E-state index is -0.300. The van der Waals surface area contributed by atoms with Crippen LogP contribution in [0.15, 0.2) is 5.38 Å². The number of carbonyl (C=O) groups excluding carboxylic acids is 1. The molecule has 1 heterocycles. The molecule has 0 atom stereocenters. The summed E-state index contributed by atoms with van der Waals surface area (Å²) in [7, 11) is 1.69. The summed E-state index contributed by atoms with van der Waals surface area (Å²) >= 11 is 1.16. The molecule has 4 rings (SSSR count). The second kappa shape index (κ2) is 4.55. The molecule has 86 valence electrons. The van der Waals surface area contributed by atoms with E-state index in [-0.39, 0.29) is 74.2 Å². The van der Waals surface area contributed by atoms with Crippen molar-refractivity contribution in [2.24, 2.45) is 5.41 Å². The number of thiazole rings is 1. The summed E-state index contributed by atoms with van der Waals surface area (Å²) in [5.41, 5.74) is -0.297. The number of hydrogen-bond acceptors (Lipinski definition) is 5. The van der Waals surface area contributed by atoms with Crippen molar-refractivity contribution >= 4 is 22.4 Å². The standard InChI is InChI=1S/C10H12N2O3S.K/c1-15-10-3-9(4-10,5-10)7(14)12-8-11-6(13)2-16-8;/h2,13H,3-5H2,1H3,(H,11,12,14);/q;+1/p-1. The van der Waals surface area contributed by atoms with E-state index in [4.69, 9.17) is 4.74 Å². The van der Waals surface area contributed by atoms with Crippen LogP contribution < -0.4 is 61.8 Å². The molecular formula is C10H11KN2O3S. The van der Waals surface area contributed by atoms with Gasteiger partial charge in [-0.1, -0.05) is 0 Å². The molecule has 2 bridgehead atoms. The molecule has 3 aliphatic carbocycles. The van der Waals surface area contributed by atoms with E-state index in [1.165, 1.54) is 5.38 Å². The fourth-order valence-electron chi connectivity index (χ4n) is 2.70. The second-order valence-corrected chi connectivity index (χ2v) is 5.50. The van der Waals surface area contributed by atoms with E-state index >= 15 is 0 Å². The molecule has 1 amide bonds. The largest absolute Gasteiger partial charge is 1.00 e. The Labute approximate surface area is 145 Å². The van der Waals surface area contributed by atoms with Crippen molar-refractivity contribution in [2.75, 3.05) is 12.4 Å². The van der Waals surface area contributed by atoms with Gasteiger partial charge in [0.2, 0.25) is 5.91 Å². The number of hydrogen-bond donors (Lipinski definition) is 1. The fraction of sp³-hybridized carbons (Fsp3) is 0.600. The first-order chi connectivity index (χ1) is 7.57. The predicted octanol–water partition coefficient (Wildman–Crippen LogP) is -2.27. The zero-order valence-electron chi connectivity index (χ0n) is 9.78. The zero-order valence-corrected chi connectivity index (χ0v) is 13.7. The summed E-state index contributed by atoms with van der Waals surface area (Å²) in [4.78, 5) is 15.6. The average Bonchev–Trinajstić information content (AvgIpc) is 2.47. The number of nitrogens with zero attached hydrogens (tertiary/aromatic N) is 1. The van der Waals surface area contributed by atoms with Gasteiger partial charge in [-0.3, -0.25) is 4.79 Å². The van der Waals surface area contributed by atoms with E-state index in [0.717, 1.165) is 30.6 Å². The van der Waals surface area contributed by atoms with Crippen LogP contribution in [0.25, 0.3) is 0 Å². The van der Waals surface area contributed by atoms with E-state index in [0.29, 0.717) is 5.13 Å². The van der Waals surface area contributed by atoms with Gasteiger partial charge in [0, 0.05) is 18.4 Å². The first-order valence-corrected chi connectivity index (χ1v) is 5.95. The zero-order chi connectivity index (χ0) is 11.4. The van der Waals surface area contributed by atoms with Gasteiger partial charge in [0.15, 0.2) is 5.13 Å². The Morgan fingerprint density at radius 1 is 1.59 bits per heavy atom. The Morgan fingerprint density at radius 2 is 2.24 bits per heavy atom. The van der Waals surface area contributed by atoms with Crippen LogP contribution in [-0.4, -0.2) is 23.6 Å². The van der Waals surface area contributed by atoms with E-state index in [2.05, 4.69) is 10.3 Å². The first-order valence-electron chi connectivity index (χ1n) is 5.07. The number of amides is 1. The summed E-state index contributed by atoms with van der Waals surface area (Å²) in [5, 5.41) is 15.3. The summed E-state index contributed by atoms with van der Waals surface area (Å²) < 4.78 is 5.33. The molecule has 7 heteroatoms. The molecule has 1 aromatic rings. The van der Waals surface area contributed by atoms with Crippen LogP contribution in [0, 0.1) is 5.41 Å². The Hall–Kier alpha value is 0.496. The quantitative estimate of drug-likeness (QED) is 0.633. The number of aromatic nitrogens is 1. The molecule has 0 aromatic carbocycles. The summed E-state index contributed by atoms with van der Waals surface area (Å²) in [6.45, 7) is 0. The Bertz CT molecular complexity index is 442. The number of rotatable bonds is 3. The number of anilines is 1. The molecular weight excluding hydrogens is 267 g/mol. The number of ether oxygens (including phenoxy) is 1. The first kappa shape index (κ1) is 13.9. The van der Waals surface area contributed by atoms with Gasteiger partial charge in [0.05, 0.1) is 11.0 Å². The van der Waals surface area contributed by atoms with Gasteiger partial charge in [-0.05, 0) is 19.3 Å². The van der Waals surface area contributed by atoms with Crippen LogP contribution in [0.2, 0.25) is 0 Å². The summed E-state index contributed by atoms with van der Waals surface area (Å²) in [5.74, 6) is -0.327. The van der Waals surface area contributed by atoms with Crippen LogP contribution in [0.3, 0.4) is 0 Å². The molecule has 0 aliphatic heterocycles. The topological polar surface area (TPSA) is 74.3 Å². The molecule has 3 fully saturated rings. The molecule has 0 spiro atoms. The van der Waals surface area contributed by atoms with Gasteiger partial charge in [0.25, 0.3) is 0 Å². The maximum atomic E-state index is 11.9. The minimum Gasteiger partial charge on any atom is -0.858 e. The second-order valence-electron chi connectivity index (χ2n) is 4.64. The smallest absolute Gasteiger partial charge is 0.858 e. The van der Waals surface area contributed by atoms with Gasteiger partial charge in [-0.2, -0.15) is 0 Å². The van der Waals surface area contributed by atoms with Gasteiger partial charge in [0.1, 0.15) is 0 Å². The maximum absolute atomic E-state index is 11.9. The van der Waals surface area contributed by atoms with Crippen LogP contribution in [0.5, 0.6) is 5.88 Å². The van der Waals surface area contributed by atoms with Crippen molar-refractivity contribution in [3.05, 3.63) is 5.38 Å². The SMILES string of the molecule is COC12CC(C(=O)Nc3nc([O-])cs3)(C1)C2.[K+]. The Balaban J connectivity index is 0.00000108. The van der Waals surface area contributed by atoms with Crippen molar-refractivity contribution in [3.8, 4) is 5.88 Å². The molecule has 5 nitrogen and oxygen atoms in total. The van der Waals surface area contributed by atoms with E-state index in [1.807, 2.05) is 0 Å². The molecule has 1 aromatic heterocycles. The molecule has 3 aliphatic rings. The third-order valence-corrected chi connectivity index (χ3v) is 4.34. The Kier molecular flexibility index (Phi) is 3.73. The van der Waals surface area contributed by atoms with E-state index in [1.54, 1.807) is 7.11 Å². The molecule has 1 N–H and O–H groups in total. The molecule has 0 unspecified atom stereocenters. The van der Waals surface area contributed by atoms with Gasteiger partial charge in [-0.25, -0.2) is 4.98 Å². The van der Waals surface area contributed by atoms with Gasteiger partial charge >= 0.3 is 51.4 Å². The van der Waals surface area contributed by atoms with Crippen molar-refractivity contribution < 1.29 is 66.0 Å². The van der Waals surface area contributed by atoms with Crippen molar-refractivity contribution in [3.63, 3.8) is 0 Å². The van der Waals surface area contributed by atoms with Crippen molar-refractivity contribution in [1.82, 2.24) is 4.98 Å². The maximum Gasteiger partial charge on any atom is 1.00 e. The molecule has 0 saturated heterocycles. The molecule has 0 radical (unpaired) electrons. The third-order valence-electron chi connectivity index (χ3n) is 3.60. The van der Waals surface area contributed by atoms with Crippen LogP contribution >= 0.6 is 11.3 Å². The van der Waals surface area contributed by atoms with E-state index < -0.39 is 0 Å². The fourth-order valence-corrected chi connectivity index (χ4v) is 3.26. The number of nitrogens with one attached hydrogen (secondary N) is 1. The molecule has 17 heavy (non-hydrogen) atoms. The number of carbonyl (C=O) groups is 1. The molecule has 3 saturated carbocycles. The third kappa shape index (κ3) is 2.11. The average molecular weight is 278 g/mol. The van der Waals surface area contributed by atoms with Crippen LogP contribution in [0.4, 0.5) is 5.13 Å². The van der Waals surface area contributed by atoms with Gasteiger partial charge < -0.3 is 15.2 Å². The summed E-state index contributed by atoms with van der Waals surface area (Å²) in [6, 6.07) is 0. The van der Waals surface area contributed by atoms with Crippen LogP contribution in [0.1, 0.15) is 19.3 Å². The number of methoxy groups -OCH3 is 1. The van der Waals surface area contributed by atoms with Crippen molar-refractivity contribution in [1.29, 1.82) is 0 Å². The monoisotopic (exact) mass is 278 g/mol. The normalized spacial score (nSPS) is 33.0. The van der Waals surface area contributed by atoms with Crippen LogP contribution in [-0.2, 0) is 9.53 Å². The Morgan fingerprint density at radius 3 is 2.71 bits per heavy atom. The van der Waals surface area contributed by atoms with E-state index in [9.17, 15) is 9.90 Å². The van der Waals surface area contributed by atoms with Crippen molar-refractivity contribution in [2.45, 2.75) is 24.9 Å². The predicted molar refractivity (Wildman–Crippen MR) is 56.2 cm³/mol. The minimum absolute atomic E-state index is 0. The van der Waals surface area contributed by atoms with Gasteiger partial charge in [-0.15, -0.1) is 11.3 Å². The summed E-state index contributed by atoms with van der Waals surface area (Å²) in [6.07, 6.45) is 2.37.